The highest BCUT2D eigenvalue weighted by atomic mass is 35.5. The average molecular weight is 450 g/mol. The Morgan fingerprint density at radius 1 is 1.00 bits per heavy atom. The first kappa shape index (κ1) is 25.9. The molecule has 0 fully saturated rings. The molecule has 0 bridgehead atoms. The number of hydrogen-bond acceptors (Lipinski definition) is 5. The van der Waals surface area contributed by atoms with Crippen LogP contribution in [0.2, 0.25) is 0 Å². The Bertz CT molecular complexity index is 770. The Morgan fingerprint density at radius 2 is 1.63 bits per heavy atom. The Kier molecular flexibility index (Phi) is 9.74. The summed E-state index contributed by atoms with van der Waals surface area (Å²) in [5.41, 5.74) is 0.839. The Labute approximate surface area is 180 Å². The molecule has 0 saturated heterocycles. The summed E-state index contributed by atoms with van der Waals surface area (Å²) in [5.74, 6) is 0.600. The smallest absolute Gasteiger partial charge is 0.497 e. The molecule has 0 aromatic heterocycles. The van der Waals surface area contributed by atoms with Crippen LogP contribution < -0.4 is 19.5 Å². The number of alkyl halides is 3. The van der Waals surface area contributed by atoms with Gasteiger partial charge in [0.05, 0.1) is 7.11 Å². The number of β-amino-alcohol motifs (C(OH)–C–C–N with tert-alkyl or cyclic N) is 1. The fourth-order valence-corrected chi connectivity index (χ4v) is 2.72. The molecule has 0 saturated carbocycles. The van der Waals surface area contributed by atoms with Crippen molar-refractivity contribution >= 4 is 12.4 Å². The molecule has 0 radical (unpaired) electrons. The maximum Gasteiger partial charge on any atom is 0.573 e. The number of aliphatic hydroxyl groups is 1. The zero-order chi connectivity index (χ0) is 21.5. The van der Waals surface area contributed by atoms with Crippen molar-refractivity contribution in [2.45, 2.75) is 38.3 Å². The summed E-state index contributed by atoms with van der Waals surface area (Å²) >= 11 is 0. The van der Waals surface area contributed by atoms with E-state index in [1.54, 1.807) is 7.11 Å². The van der Waals surface area contributed by atoms with Crippen LogP contribution in [0.15, 0.2) is 48.5 Å². The lowest BCUT2D eigenvalue weighted by Gasteiger charge is -2.28. The zero-order valence-corrected chi connectivity index (χ0v) is 17.8. The zero-order valence-electron chi connectivity index (χ0n) is 17.0. The first-order chi connectivity index (χ1) is 13.6. The van der Waals surface area contributed by atoms with E-state index in [-0.39, 0.29) is 42.6 Å². The van der Waals surface area contributed by atoms with Crippen LogP contribution in [0.4, 0.5) is 13.2 Å². The van der Waals surface area contributed by atoms with Crippen molar-refractivity contribution in [1.29, 1.82) is 0 Å². The quantitative estimate of drug-likeness (QED) is 0.564. The first-order valence-corrected chi connectivity index (χ1v) is 9.11. The molecule has 1 atom stereocenters. The predicted octanol–water partition coefficient (Wildman–Crippen LogP) is 4.37. The van der Waals surface area contributed by atoms with Crippen LogP contribution in [0.25, 0.3) is 0 Å². The van der Waals surface area contributed by atoms with Gasteiger partial charge in [-0.25, -0.2) is 0 Å². The van der Waals surface area contributed by atoms with Crippen LogP contribution in [-0.2, 0) is 6.42 Å². The van der Waals surface area contributed by atoms with Crippen molar-refractivity contribution in [3.63, 3.8) is 0 Å². The van der Waals surface area contributed by atoms with Crippen LogP contribution in [-0.4, -0.2) is 43.4 Å². The van der Waals surface area contributed by atoms with Crippen molar-refractivity contribution in [3.8, 4) is 17.2 Å². The molecule has 0 aliphatic rings. The Balaban J connectivity index is 0.00000450. The van der Waals surface area contributed by atoms with Crippen molar-refractivity contribution in [1.82, 2.24) is 5.32 Å². The number of halogens is 4. The maximum absolute atomic E-state index is 12.3. The van der Waals surface area contributed by atoms with Crippen molar-refractivity contribution in [2.24, 2.45) is 0 Å². The highest BCUT2D eigenvalue weighted by Crippen LogP contribution is 2.26. The van der Waals surface area contributed by atoms with Gasteiger partial charge in [0.1, 0.15) is 30.0 Å². The molecule has 2 rings (SSSR count). The van der Waals surface area contributed by atoms with Gasteiger partial charge in [-0.2, -0.15) is 0 Å². The fourth-order valence-electron chi connectivity index (χ4n) is 2.72. The second kappa shape index (κ2) is 11.3. The number of nitrogens with one attached hydrogen (secondary N) is 1. The molecule has 168 valence electrons. The summed E-state index contributed by atoms with van der Waals surface area (Å²) in [4.78, 5) is 0. The summed E-state index contributed by atoms with van der Waals surface area (Å²) < 4.78 is 51.2. The van der Waals surface area contributed by atoms with E-state index in [1.165, 1.54) is 18.2 Å². The summed E-state index contributed by atoms with van der Waals surface area (Å²) in [6.45, 7) is 4.23. The number of aliphatic hydroxyl groups excluding tert-OH is 1. The molecule has 1 unspecified atom stereocenters. The molecule has 0 amide bonds. The number of benzene rings is 2. The molecular weight excluding hydrogens is 423 g/mol. The highest BCUT2D eigenvalue weighted by Gasteiger charge is 2.31. The Morgan fingerprint density at radius 3 is 2.23 bits per heavy atom. The maximum atomic E-state index is 12.3. The van der Waals surface area contributed by atoms with Crippen LogP contribution >= 0.6 is 12.4 Å². The second-order valence-corrected chi connectivity index (χ2v) is 7.28. The molecule has 0 aliphatic heterocycles. The van der Waals surface area contributed by atoms with Gasteiger partial charge in [0, 0.05) is 18.2 Å². The molecule has 30 heavy (non-hydrogen) atoms. The van der Waals surface area contributed by atoms with Crippen LogP contribution in [0.1, 0.15) is 19.4 Å². The van der Waals surface area contributed by atoms with E-state index in [2.05, 4.69) is 10.1 Å². The van der Waals surface area contributed by atoms with Crippen molar-refractivity contribution in [3.05, 3.63) is 54.1 Å². The molecule has 0 spiro atoms. The lowest BCUT2D eigenvalue weighted by atomic mass is 9.94. The predicted molar refractivity (Wildman–Crippen MR) is 111 cm³/mol. The number of hydrogen-bond donors (Lipinski definition) is 2. The van der Waals surface area contributed by atoms with Gasteiger partial charge in [-0.05, 0) is 50.1 Å². The first-order valence-electron chi connectivity index (χ1n) is 9.11. The van der Waals surface area contributed by atoms with Crippen molar-refractivity contribution in [2.75, 3.05) is 20.3 Å². The fraction of sp³-hybridized carbons (Fsp3) is 0.429. The number of methoxy groups -OCH3 is 1. The van der Waals surface area contributed by atoms with Gasteiger partial charge in [0.25, 0.3) is 0 Å². The summed E-state index contributed by atoms with van der Waals surface area (Å²) in [7, 11) is 1.61. The monoisotopic (exact) mass is 449 g/mol. The lowest BCUT2D eigenvalue weighted by Crippen LogP contribution is -2.46. The minimum absolute atomic E-state index is 0. The van der Waals surface area contributed by atoms with E-state index in [0.29, 0.717) is 0 Å². The molecule has 9 heteroatoms. The van der Waals surface area contributed by atoms with E-state index in [1.807, 2.05) is 38.1 Å². The van der Waals surface area contributed by atoms with Crippen LogP contribution in [0.3, 0.4) is 0 Å². The van der Waals surface area contributed by atoms with Gasteiger partial charge in [0.2, 0.25) is 0 Å². The van der Waals surface area contributed by atoms with Gasteiger partial charge < -0.3 is 24.6 Å². The van der Waals surface area contributed by atoms with Gasteiger partial charge in [-0.1, -0.05) is 18.2 Å². The minimum atomic E-state index is -4.77. The number of ether oxygens (including phenoxy) is 3. The molecular formula is C21H27ClF3NO4. The molecule has 2 aromatic carbocycles. The SMILES string of the molecule is COc1ccc(CC(C)(C)NCC(O)COc2cccc(OC(F)(F)F)c2)cc1.Cl. The third-order valence-electron chi connectivity index (χ3n) is 4.10. The lowest BCUT2D eigenvalue weighted by molar-refractivity contribution is -0.274. The minimum Gasteiger partial charge on any atom is -0.497 e. The average Bonchev–Trinajstić information content (AvgIpc) is 2.64. The highest BCUT2D eigenvalue weighted by molar-refractivity contribution is 5.85. The molecule has 2 aromatic rings. The molecule has 2 N–H and O–H groups in total. The van der Waals surface area contributed by atoms with E-state index in [0.717, 1.165) is 23.8 Å². The Hall–Kier alpha value is -2.16. The van der Waals surface area contributed by atoms with Gasteiger partial charge >= 0.3 is 6.36 Å². The summed E-state index contributed by atoms with van der Waals surface area (Å²) in [6, 6.07) is 12.9. The van der Waals surface area contributed by atoms with Gasteiger partial charge in [0.15, 0.2) is 0 Å². The van der Waals surface area contributed by atoms with E-state index < -0.39 is 12.5 Å². The molecule has 0 heterocycles. The normalized spacial score (nSPS) is 12.6. The molecule has 0 aliphatic carbocycles. The van der Waals surface area contributed by atoms with Crippen LogP contribution in [0, 0.1) is 0 Å². The third-order valence-corrected chi connectivity index (χ3v) is 4.10. The van der Waals surface area contributed by atoms with Gasteiger partial charge in [-0.15, -0.1) is 25.6 Å². The largest absolute Gasteiger partial charge is 0.573 e. The summed E-state index contributed by atoms with van der Waals surface area (Å²) in [5, 5.41) is 13.4. The van der Waals surface area contributed by atoms with Gasteiger partial charge in [-0.3, -0.25) is 0 Å². The van der Waals surface area contributed by atoms with Crippen LogP contribution in [0.5, 0.6) is 17.2 Å². The number of rotatable bonds is 10. The van der Waals surface area contributed by atoms with E-state index in [4.69, 9.17) is 9.47 Å². The van der Waals surface area contributed by atoms with E-state index >= 15 is 0 Å². The standard InChI is InChI=1S/C21H26F3NO4.ClH/c1-20(2,12-15-7-9-17(27-3)10-8-15)25-13-16(26)14-28-18-5-4-6-19(11-18)29-21(22,23)24;/h4-11,16,25-26H,12-14H2,1-3H3;1H. The topological polar surface area (TPSA) is 60.0 Å². The third kappa shape index (κ3) is 9.56. The molecule has 5 nitrogen and oxygen atoms in total. The second-order valence-electron chi connectivity index (χ2n) is 7.28. The summed E-state index contributed by atoms with van der Waals surface area (Å²) in [6.07, 6.45) is -4.86. The van der Waals surface area contributed by atoms with Crippen molar-refractivity contribution < 1.29 is 32.5 Å². The van der Waals surface area contributed by atoms with E-state index in [9.17, 15) is 18.3 Å².